The first-order chi connectivity index (χ1) is 12.2. The van der Waals surface area contributed by atoms with Gasteiger partial charge in [-0.2, -0.15) is 0 Å². The largest absolute Gasteiger partial charge is 0.459 e. The molecule has 0 aliphatic rings. The van der Waals surface area contributed by atoms with Crippen molar-refractivity contribution in [1.82, 2.24) is 14.5 Å². The van der Waals surface area contributed by atoms with Crippen LogP contribution in [0.3, 0.4) is 0 Å². The molecule has 0 unspecified atom stereocenters. The van der Waals surface area contributed by atoms with E-state index < -0.39 is 0 Å². The van der Waals surface area contributed by atoms with Gasteiger partial charge in [0.15, 0.2) is 5.76 Å². The van der Waals surface area contributed by atoms with Crippen molar-refractivity contribution in [3.63, 3.8) is 0 Å². The van der Waals surface area contributed by atoms with Gasteiger partial charge >= 0.3 is 0 Å². The Morgan fingerprint density at radius 1 is 1.32 bits per heavy atom. The van der Waals surface area contributed by atoms with Gasteiger partial charge in [-0.15, -0.1) is 6.58 Å². The van der Waals surface area contributed by atoms with Crippen LogP contribution in [0.15, 0.2) is 72.1 Å². The van der Waals surface area contributed by atoms with E-state index in [1.807, 2.05) is 35.0 Å². The van der Waals surface area contributed by atoms with Crippen LogP contribution in [0.25, 0.3) is 0 Å². The molecule has 0 atom stereocenters. The van der Waals surface area contributed by atoms with E-state index in [1.165, 1.54) is 6.26 Å². The number of halogens is 1. The average Bonchev–Trinajstić information content (AvgIpc) is 3.28. The van der Waals surface area contributed by atoms with Gasteiger partial charge in [0.05, 0.1) is 19.4 Å². The van der Waals surface area contributed by atoms with Crippen molar-refractivity contribution in [2.75, 3.05) is 6.54 Å². The lowest BCUT2D eigenvalue weighted by atomic mass is 10.2. The zero-order valence-corrected chi connectivity index (χ0v) is 14.4. The van der Waals surface area contributed by atoms with Crippen LogP contribution < -0.4 is 0 Å². The predicted octanol–water partition coefficient (Wildman–Crippen LogP) is 4.01. The minimum Gasteiger partial charge on any atom is -0.459 e. The van der Waals surface area contributed by atoms with E-state index in [2.05, 4.69) is 11.6 Å². The molecule has 1 aromatic carbocycles. The van der Waals surface area contributed by atoms with Crippen LogP contribution in [0.4, 0.5) is 0 Å². The van der Waals surface area contributed by atoms with Gasteiger partial charge in [0.1, 0.15) is 5.82 Å². The maximum atomic E-state index is 12.6. The van der Waals surface area contributed by atoms with E-state index in [0.717, 1.165) is 11.4 Å². The molecule has 0 aliphatic carbocycles. The number of rotatable bonds is 7. The summed E-state index contributed by atoms with van der Waals surface area (Å²) in [5.74, 6) is 0.866. The fraction of sp³-hybridized carbons (Fsp3) is 0.158. The third kappa shape index (κ3) is 4.00. The van der Waals surface area contributed by atoms with Crippen molar-refractivity contribution in [3.8, 4) is 0 Å². The zero-order chi connectivity index (χ0) is 17.6. The molecule has 1 amide bonds. The highest BCUT2D eigenvalue weighted by atomic mass is 35.5. The lowest BCUT2D eigenvalue weighted by Crippen LogP contribution is -2.31. The molecule has 0 radical (unpaired) electrons. The first-order valence-corrected chi connectivity index (χ1v) is 8.24. The molecular formula is C19H18ClN3O2. The van der Waals surface area contributed by atoms with E-state index in [1.54, 1.807) is 29.3 Å². The molecule has 2 heterocycles. The number of amides is 1. The molecule has 0 spiro atoms. The lowest BCUT2D eigenvalue weighted by Gasteiger charge is -2.20. The number of hydrogen-bond donors (Lipinski definition) is 0. The molecule has 0 saturated carbocycles. The fourth-order valence-electron chi connectivity index (χ4n) is 2.55. The Hall–Kier alpha value is -2.79. The highest BCUT2D eigenvalue weighted by molar-refractivity contribution is 6.31. The molecule has 5 nitrogen and oxygen atoms in total. The van der Waals surface area contributed by atoms with Crippen molar-refractivity contribution in [2.24, 2.45) is 0 Å². The average molecular weight is 356 g/mol. The summed E-state index contributed by atoms with van der Waals surface area (Å²) in [5.41, 5.74) is 0.996. The second kappa shape index (κ2) is 7.85. The summed E-state index contributed by atoms with van der Waals surface area (Å²) in [6.45, 7) is 5.07. The Morgan fingerprint density at radius 3 is 2.88 bits per heavy atom. The minimum absolute atomic E-state index is 0.197. The topological polar surface area (TPSA) is 51.3 Å². The third-order valence-electron chi connectivity index (χ3n) is 3.80. The summed E-state index contributed by atoms with van der Waals surface area (Å²) < 4.78 is 7.19. The highest BCUT2D eigenvalue weighted by Crippen LogP contribution is 2.18. The van der Waals surface area contributed by atoms with E-state index in [9.17, 15) is 4.79 Å². The van der Waals surface area contributed by atoms with E-state index in [0.29, 0.717) is 30.4 Å². The number of benzene rings is 1. The molecule has 2 aromatic heterocycles. The van der Waals surface area contributed by atoms with Gasteiger partial charge in [0.2, 0.25) is 0 Å². The van der Waals surface area contributed by atoms with Crippen LogP contribution in [0, 0.1) is 0 Å². The lowest BCUT2D eigenvalue weighted by molar-refractivity contribution is 0.0725. The van der Waals surface area contributed by atoms with Gasteiger partial charge in [-0.25, -0.2) is 4.98 Å². The summed E-state index contributed by atoms with van der Waals surface area (Å²) in [5, 5.41) is 0.705. The van der Waals surface area contributed by atoms with Gasteiger partial charge in [0, 0.05) is 24.0 Å². The first kappa shape index (κ1) is 17.0. The van der Waals surface area contributed by atoms with Crippen LogP contribution in [0.1, 0.15) is 21.9 Å². The maximum absolute atomic E-state index is 12.6. The SMILES string of the molecule is C=CCN(Cc1nccn1Cc1ccccc1Cl)C(=O)c1ccco1. The molecular weight excluding hydrogens is 338 g/mol. The normalized spacial score (nSPS) is 10.6. The Kier molecular flexibility index (Phi) is 5.36. The first-order valence-electron chi connectivity index (χ1n) is 7.86. The Morgan fingerprint density at radius 2 is 2.16 bits per heavy atom. The van der Waals surface area contributed by atoms with Crippen LogP contribution >= 0.6 is 11.6 Å². The summed E-state index contributed by atoms with van der Waals surface area (Å²) in [6, 6.07) is 11.0. The molecule has 0 saturated heterocycles. The second-order valence-electron chi connectivity index (χ2n) is 5.51. The quantitative estimate of drug-likeness (QED) is 0.602. The van der Waals surface area contributed by atoms with Crippen LogP contribution in [0.2, 0.25) is 5.02 Å². The number of carbonyl (C=O) groups excluding carboxylic acids is 1. The number of nitrogens with zero attached hydrogens (tertiary/aromatic N) is 3. The number of hydrogen-bond acceptors (Lipinski definition) is 3. The highest BCUT2D eigenvalue weighted by Gasteiger charge is 2.19. The molecule has 0 aliphatic heterocycles. The molecule has 3 aromatic rings. The van der Waals surface area contributed by atoms with Gasteiger partial charge < -0.3 is 13.9 Å². The molecule has 128 valence electrons. The van der Waals surface area contributed by atoms with Crippen molar-refractivity contribution in [1.29, 1.82) is 0 Å². The van der Waals surface area contributed by atoms with Gasteiger partial charge in [-0.1, -0.05) is 35.9 Å². The summed E-state index contributed by atoms with van der Waals surface area (Å²) in [4.78, 5) is 18.6. The predicted molar refractivity (Wildman–Crippen MR) is 96.4 cm³/mol. The van der Waals surface area contributed by atoms with E-state index in [-0.39, 0.29) is 5.91 Å². The Labute approximate surface area is 151 Å². The standard InChI is InChI=1S/C19H18ClN3O2/c1-2-10-23(19(24)17-8-5-12-25-17)14-18-21-9-11-22(18)13-15-6-3-4-7-16(15)20/h2-9,11-12H,1,10,13-14H2. The minimum atomic E-state index is -0.197. The van der Waals surface area contributed by atoms with E-state index >= 15 is 0 Å². The van der Waals surface area contributed by atoms with Crippen molar-refractivity contribution in [3.05, 3.63) is 89.9 Å². The number of aromatic nitrogens is 2. The van der Waals surface area contributed by atoms with Gasteiger partial charge in [0.25, 0.3) is 5.91 Å². The second-order valence-corrected chi connectivity index (χ2v) is 5.92. The van der Waals surface area contributed by atoms with Crippen molar-refractivity contribution >= 4 is 17.5 Å². The van der Waals surface area contributed by atoms with Gasteiger partial charge in [-0.05, 0) is 23.8 Å². The fourth-order valence-corrected chi connectivity index (χ4v) is 2.74. The molecule has 3 rings (SSSR count). The Balaban J connectivity index is 1.79. The number of carbonyl (C=O) groups is 1. The molecule has 0 bridgehead atoms. The zero-order valence-electron chi connectivity index (χ0n) is 13.6. The summed E-state index contributed by atoms with van der Waals surface area (Å²) in [6.07, 6.45) is 6.76. The van der Waals surface area contributed by atoms with Crippen molar-refractivity contribution in [2.45, 2.75) is 13.1 Å². The van der Waals surface area contributed by atoms with Crippen LogP contribution in [-0.2, 0) is 13.1 Å². The third-order valence-corrected chi connectivity index (χ3v) is 4.17. The smallest absolute Gasteiger partial charge is 0.290 e. The molecule has 0 fully saturated rings. The Bertz CT molecular complexity index is 855. The molecule has 6 heteroatoms. The van der Waals surface area contributed by atoms with Crippen LogP contribution in [0.5, 0.6) is 0 Å². The van der Waals surface area contributed by atoms with Crippen LogP contribution in [-0.4, -0.2) is 26.9 Å². The monoisotopic (exact) mass is 355 g/mol. The molecule has 0 N–H and O–H groups in total. The molecule has 25 heavy (non-hydrogen) atoms. The maximum Gasteiger partial charge on any atom is 0.290 e. The van der Waals surface area contributed by atoms with Crippen molar-refractivity contribution < 1.29 is 9.21 Å². The number of imidazole rings is 1. The summed E-state index contributed by atoms with van der Waals surface area (Å²) in [7, 11) is 0. The number of furan rings is 1. The van der Waals surface area contributed by atoms with Gasteiger partial charge in [-0.3, -0.25) is 4.79 Å². The summed E-state index contributed by atoms with van der Waals surface area (Å²) >= 11 is 6.24. The van der Waals surface area contributed by atoms with E-state index in [4.69, 9.17) is 16.0 Å².